The fraction of sp³-hybridized carbons (Fsp3) is 0.481. The summed E-state index contributed by atoms with van der Waals surface area (Å²) in [6.45, 7) is 21.8. The van der Waals surface area contributed by atoms with Gasteiger partial charge in [0.2, 0.25) is 0 Å². The van der Waals surface area contributed by atoms with Crippen molar-refractivity contribution in [1.29, 1.82) is 0 Å². The van der Waals surface area contributed by atoms with E-state index in [0.717, 1.165) is 46.8 Å². The lowest BCUT2D eigenvalue weighted by Gasteiger charge is -2.27. The van der Waals surface area contributed by atoms with Gasteiger partial charge in [0.1, 0.15) is 0 Å². The summed E-state index contributed by atoms with van der Waals surface area (Å²) in [6.07, 6.45) is 7.05. The van der Waals surface area contributed by atoms with Gasteiger partial charge >= 0.3 is 0 Å². The Morgan fingerprint density at radius 2 is 2.10 bits per heavy atom. The van der Waals surface area contributed by atoms with E-state index >= 15 is 0 Å². The van der Waals surface area contributed by atoms with E-state index in [2.05, 4.69) is 56.6 Å². The predicted octanol–water partition coefficient (Wildman–Crippen LogP) is 7.44. The Bertz CT molecular complexity index is 802. The fourth-order valence-corrected chi connectivity index (χ4v) is 4.01. The topological polar surface area (TPSA) is 37.3 Å². The van der Waals surface area contributed by atoms with Gasteiger partial charge in [-0.25, -0.2) is 4.98 Å². The van der Waals surface area contributed by atoms with E-state index in [-0.39, 0.29) is 0 Å². The summed E-state index contributed by atoms with van der Waals surface area (Å²) in [5.74, 6) is 1.65. The Kier molecular flexibility index (Phi) is 12.9. The second kappa shape index (κ2) is 14.9. The summed E-state index contributed by atoms with van der Waals surface area (Å²) in [6, 6.07) is 6.48. The molecule has 1 aromatic rings. The van der Waals surface area contributed by atoms with Gasteiger partial charge < -0.3 is 5.32 Å². The zero-order valence-corrected chi connectivity index (χ0v) is 21.2. The molecule has 1 aliphatic heterocycles. The highest BCUT2D eigenvalue weighted by molar-refractivity contribution is 8.02. The molecule has 1 saturated heterocycles. The summed E-state index contributed by atoms with van der Waals surface area (Å²) in [5, 5.41) is 5.83. The summed E-state index contributed by atoms with van der Waals surface area (Å²) in [4.78, 5) is 9.48. The minimum Gasteiger partial charge on any atom is -0.382 e. The van der Waals surface area contributed by atoms with Crippen LogP contribution in [0.2, 0.25) is 0 Å². The van der Waals surface area contributed by atoms with E-state index in [4.69, 9.17) is 4.98 Å². The molecule has 0 radical (unpaired) electrons. The smallest absolute Gasteiger partial charge is 0.0815 e. The van der Waals surface area contributed by atoms with Crippen molar-refractivity contribution in [1.82, 2.24) is 10.3 Å². The van der Waals surface area contributed by atoms with Crippen LogP contribution in [0.5, 0.6) is 0 Å². The quantitative estimate of drug-likeness (QED) is 0.321. The maximum absolute atomic E-state index is 4.81. The van der Waals surface area contributed by atoms with E-state index in [1.807, 2.05) is 56.1 Å². The first-order chi connectivity index (χ1) is 15.0. The molecular weight excluding hydrogens is 398 g/mol. The minimum absolute atomic E-state index is 0.432. The van der Waals surface area contributed by atoms with Gasteiger partial charge in [0.25, 0.3) is 0 Å². The lowest BCUT2D eigenvalue weighted by Crippen LogP contribution is -2.31. The van der Waals surface area contributed by atoms with Gasteiger partial charge in [0, 0.05) is 23.5 Å². The van der Waals surface area contributed by atoms with Crippen molar-refractivity contribution in [3.8, 4) is 0 Å². The van der Waals surface area contributed by atoms with Crippen LogP contribution in [0.15, 0.2) is 64.7 Å². The van der Waals surface area contributed by atoms with Crippen LogP contribution in [0, 0.1) is 5.92 Å². The minimum atomic E-state index is 0.432. The van der Waals surface area contributed by atoms with Crippen LogP contribution in [0.25, 0.3) is 5.57 Å². The van der Waals surface area contributed by atoms with E-state index < -0.39 is 0 Å². The molecule has 1 fully saturated rings. The Labute approximate surface area is 194 Å². The van der Waals surface area contributed by atoms with Gasteiger partial charge in [-0.2, -0.15) is 0 Å². The first-order valence-corrected chi connectivity index (χ1v) is 12.6. The van der Waals surface area contributed by atoms with Crippen LogP contribution < -0.4 is 5.32 Å². The van der Waals surface area contributed by atoms with Crippen LogP contribution in [-0.4, -0.2) is 29.5 Å². The lowest BCUT2D eigenvalue weighted by atomic mass is 9.94. The molecule has 0 spiro atoms. The summed E-state index contributed by atoms with van der Waals surface area (Å²) in [7, 11) is 0. The molecular formula is C27H41N3S. The van der Waals surface area contributed by atoms with Gasteiger partial charge in [0.15, 0.2) is 0 Å². The van der Waals surface area contributed by atoms with E-state index in [9.17, 15) is 0 Å². The molecule has 0 aromatic carbocycles. The van der Waals surface area contributed by atoms with Crippen LogP contribution in [0.3, 0.4) is 0 Å². The molecule has 3 nitrogen and oxygen atoms in total. The monoisotopic (exact) mass is 439 g/mol. The molecule has 1 aliphatic rings. The zero-order chi connectivity index (χ0) is 23.2. The normalized spacial score (nSPS) is 18.5. The largest absolute Gasteiger partial charge is 0.382 e. The Morgan fingerprint density at radius 3 is 2.74 bits per heavy atom. The van der Waals surface area contributed by atoms with E-state index in [0.29, 0.717) is 18.5 Å². The van der Waals surface area contributed by atoms with Crippen LogP contribution in [0.4, 0.5) is 0 Å². The van der Waals surface area contributed by atoms with Gasteiger partial charge in [-0.15, -0.1) is 11.8 Å². The molecule has 0 amide bonds. The third-order valence-electron chi connectivity index (χ3n) is 4.94. The van der Waals surface area contributed by atoms with Crippen molar-refractivity contribution in [2.24, 2.45) is 10.9 Å². The average molecular weight is 440 g/mol. The van der Waals surface area contributed by atoms with Crippen molar-refractivity contribution >= 4 is 23.5 Å². The Morgan fingerprint density at radius 1 is 1.35 bits per heavy atom. The number of allylic oxidation sites excluding steroid dienone is 3. The zero-order valence-electron chi connectivity index (χ0n) is 20.4. The van der Waals surface area contributed by atoms with Gasteiger partial charge in [0.05, 0.1) is 17.9 Å². The molecule has 1 atom stereocenters. The lowest BCUT2D eigenvalue weighted by molar-refractivity contribution is 0.533. The van der Waals surface area contributed by atoms with E-state index in [1.54, 1.807) is 0 Å². The van der Waals surface area contributed by atoms with Crippen molar-refractivity contribution in [3.05, 3.63) is 71.1 Å². The van der Waals surface area contributed by atoms with Gasteiger partial charge in [-0.3, -0.25) is 4.99 Å². The molecule has 1 aromatic heterocycles. The number of hydrogen-bond donors (Lipinski definition) is 1. The molecule has 2 heterocycles. The maximum atomic E-state index is 4.81. The fourth-order valence-electron chi connectivity index (χ4n) is 3.10. The molecule has 170 valence electrons. The maximum Gasteiger partial charge on any atom is 0.0815 e. The molecule has 1 N–H and O–H groups in total. The number of aliphatic imine (C=N–C) groups is 1. The number of pyridine rings is 1. The third-order valence-corrected chi connectivity index (χ3v) is 6.05. The van der Waals surface area contributed by atoms with Crippen LogP contribution in [0.1, 0.15) is 72.2 Å². The second-order valence-electron chi connectivity index (χ2n) is 7.82. The summed E-state index contributed by atoms with van der Waals surface area (Å²) < 4.78 is 0. The number of piperidine rings is 1. The van der Waals surface area contributed by atoms with E-state index in [1.165, 1.54) is 12.0 Å². The van der Waals surface area contributed by atoms with Gasteiger partial charge in [-0.05, 0) is 66.5 Å². The first-order valence-electron chi connectivity index (χ1n) is 11.5. The highest BCUT2D eigenvalue weighted by Gasteiger charge is 2.19. The summed E-state index contributed by atoms with van der Waals surface area (Å²) >= 11 is 1.88. The van der Waals surface area contributed by atoms with Crippen molar-refractivity contribution in [2.75, 3.05) is 12.3 Å². The summed E-state index contributed by atoms with van der Waals surface area (Å²) in [5.41, 5.74) is 6.33. The number of nitrogens with one attached hydrogen (secondary N) is 1. The number of nitrogens with zero attached hydrogens (tertiary/aromatic N) is 2. The molecule has 0 bridgehead atoms. The highest BCUT2D eigenvalue weighted by atomic mass is 32.2. The third kappa shape index (κ3) is 8.90. The Balaban J connectivity index is 0.00000233. The number of hydrogen-bond acceptors (Lipinski definition) is 4. The number of thioether (sulfide) groups is 1. The standard InChI is InChI=1S/C25H35N3S.C2H6/c1-7-14-29-17-21(18(3)4)15-26-16-22-10-9-11-24(28-22)23(8-2)25-19(5)12-13-20(6)27-25;1-2/h8-11,16-18,20,27H,2,5,7,12-15H2,1,3-4,6H3;1-2H3/b21-17+,25-23-,26-16?;. The molecule has 4 heteroatoms. The second-order valence-corrected chi connectivity index (χ2v) is 8.79. The van der Waals surface area contributed by atoms with Crippen LogP contribution >= 0.6 is 11.8 Å². The molecule has 0 aliphatic carbocycles. The number of rotatable bonds is 9. The average Bonchev–Trinajstić information content (AvgIpc) is 2.77. The van der Waals surface area contributed by atoms with Gasteiger partial charge in [-0.1, -0.05) is 59.9 Å². The van der Waals surface area contributed by atoms with Crippen LogP contribution in [-0.2, 0) is 0 Å². The molecule has 31 heavy (non-hydrogen) atoms. The predicted molar refractivity (Wildman–Crippen MR) is 142 cm³/mol. The van der Waals surface area contributed by atoms with Crippen molar-refractivity contribution in [2.45, 2.75) is 66.8 Å². The number of aromatic nitrogens is 1. The van der Waals surface area contributed by atoms with Crippen molar-refractivity contribution < 1.29 is 0 Å². The molecule has 2 rings (SSSR count). The highest BCUT2D eigenvalue weighted by Crippen LogP contribution is 2.28. The Hall–Kier alpha value is -2.07. The SMILES string of the molecule is C=C/C(=C1/NC(C)CCC1=C)c1cccc(C=NC/C(=C\SCCC)C(C)C)n1.CC. The molecule has 0 saturated carbocycles. The molecule has 1 unspecified atom stereocenters. The van der Waals surface area contributed by atoms with Crippen molar-refractivity contribution in [3.63, 3.8) is 0 Å². The first kappa shape index (κ1) is 27.0.